The summed E-state index contributed by atoms with van der Waals surface area (Å²) in [7, 11) is 1.18. The highest BCUT2D eigenvalue weighted by Crippen LogP contribution is 2.38. The average Bonchev–Trinajstić information content (AvgIpc) is 2.52. The second kappa shape index (κ2) is 6.57. The first kappa shape index (κ1) is 17.3. The predicted molar refractivity (Wildman–Crippen MR) is 82.4 cm³/mol. The molecule has 0 unspecified atom stereocenters. The number of rotatable bonds is 3. The maximum atomic E-state index is 13.3. The number of thiocarbonyl (C=S) groups is 1. The van der Waals surface area contributed by atoms with Crippen LogP contribution in [0.5, 0.6) is 0 Å². The molecule has 23 heavy (non-hydrogen) atoms. The molecule has 0 saturated carbocycles. The molecule has 1 aliphatic heterocycles. The number of halogens is 3. The van der Waals surface area contributed by atoms with Crippen LogP contribution in [0.3, 0.4) is 0 Å². The molecule has 4 nitrogen and oxygen atoms in total. The van der Waals surface area contributed by atoms with Crippen molar-refractivity contribution in [1.82, 2.24) is 10.6 Å². The summed E-state index contributed by atoms with van der Waals surface area (Å²) in [6, 6.07) is 4.06. The van der Waals surface area contributed by atoms with Crippen molar-refractivity contribution in [3.8, 4) is 0 Å². The standard InChI is InChI=1S/C15H15F3N2O2S/c1-3-10-11(13(21)22-2)12(20-14(23)19-10)8-6-4-5-7-9(8)15(16,17)18/h4-7,12H,3H2,1-2H3,(H2,19,20,23)/t12-/m0/s1. The van der Waals surface area contributed by atoms with Crippen LogP contribution in [0, 0.1) is 0 Å². The molecule has 0 spiro atoms. The molecule has 2 N–H and O–H groups in total. The minimum Gasteiger partial charge on any atom is -0.466 e. The molecule has 124 valence electrons. The topological polar surface area (TPSA) is 50.4 Å². The van der Waals surface area contributed by atoms with Crippen LogP contribution in [-0.4, -0.2) is 18.2 Å². The largest absolute Gasteiger partial charge is 0.466 e. The number of methoxy groups -OCH3 is 1. The minimum absolute atomic E-state index is 0.0739. The zero-order chi connectivity index (χ0) is 17.2. The van der Waals surface area contributed by atoms with Crippen LogP contribution < -0.4 is 10.6 Å². The lowest BCUT2D eigenvalue weighted by Gasteiger charge is -2.31. The molecule has 1 aromatic rings. The molecule has 1 atom stereocenters. The summed E-state index contributed by atoms with van der Waals surface area (Å²) in [5, 5.41) is 5.71. The smallest absolute Gasteiger partial charge is 0.416 e. The highest BCUT2D eigenvalue weighted by molar-refractivity contribution is 7.80. The SMILES string of the molecule is CCC1=C(C(=O)OC)[C@H](c2ccccc2C(F)(F)F)NC(=S)N1. The van der Waals surface area contributed by atoms with E-state index in [1.807, 2.05) is 0 Å². The van der Waals surface area contributed by atoms with Gasteiger partial charge in [0.2, 0.25) is 0 Å². The lowest BCUT2D eigenvalue weighted by atomic mass is 9.91. The highest BCUT2D eigenvalue weighted by atomic mass is 32.1. The van der Waals surface area contributed by atoms with Gasteiger partial charge in [-0.05, 0) is 30.3 Å². The Labute approximate surface area is 136 Å². The van der Waals surface area contributed by atoms with Crippen molar-refractivity contribution in [2.45, 2.75) is 25.6 Å². The Hall–Kier alpha value is -2.09. The summed E-state index contributed by atoms with van der Waals surface area (Å²) >= 11 is 5.05. The van der Waals surface area contributed by atoms with Gasteiger partial charge in [-0.2, -0.15) is 13.2 Å². The molecule has 2 rings (SSSR count). The van der Waals surface area contributed by atoms with Crippen molar-refractivity contribution in [2.75, 3.05) is 7.11 Å². The van der Waals surface area contributed by atoms with Gasteiger partial charge in [-0.3, -0.25) is 0 Å². The van der Waals surface area contributed by atoms with Crippen molar-refractivity contribution in [3.63, 3.8) is 0 Å². The fourth-order valence-corrected chi connectivity index (χ4v) is 2.73. The van der Waals surface area contributed by atoms with Crippen LogP contribution >= 0.6 is 12.2 Å². The van der Waals surface area contributed by atoms with E-state index in [0.29, 0.717) is 12.1 Å². The summed E-state index contributed by atoms with van der Waals surface area (Å²) in [5.74, 6) is -0.702. The van der Waals surface area contributed by atoms with Gasteiger partial charge in [0.15, 0.2) is 5.11 Å². The molecule has 0 aliphatic carbocycles. The maximum absolute atomic E-state index is 13.3. The number of hydrogen-bond donors (Lipinski definition) is 2. The average molecular weight is 344 g/mol. The molecule has 1 heterocycles. The van der Waals surface area contributed by atoms with Crippen molar-refractivity contribution in [1.29, 1.82) is 0 Å². The Kier molecular flexibility index (Phi) is 4.93. The molecule has 0 saturated heterocycles. The van der Waals surface area contributed by atoms with Crippen LogP contribution in [0.2, 0.25) is 0 Å². The number of nitrogens with one attached hydrogen (secondary N) is 2. The molecule has 0 fully saturated rings. The van der Waals surface area contributed by atoms with E-state index in [0.717, 1.165) is 6.07 Å². The summed E-state index contributed by atoms with van der Waals surface area (Å²) in [4.78, 5) is 12.1. The van der Waals surface area contributed by atoms with Gasteiger partial charge in [0.05, 0.1) is 24.3 Å². The Morgan fingerprint density at radius 1 is 1.35 bits per heavy atom. The third-order valence-corrected chi connectivity index (χ3v) is 3.71. The molecular formula is C15H15F3N2O2S. The van der Waals surface area contributed by atoms with E-state index in [1.165, 1.54) is 25.3 Å². The van der Waals surface area contributed by atoms with Crippen LogP contribution in [0.4, 0.5) is 13.2 Å². The number of carbonyl (C=O) groups excluding carboxylic acids is 1. The number of benzene rings is 1. The Morgan fingerprint density at radius 2 is 2.00 bits per heavy atom. The number of esters is 1. The zero-order valence-corrected chi connectivity index (χ0v) is 13.3. The lowest BCUT2D eigenvalue weighted by Crippen LogP contribution is -2.46. The fourth-order valence-electron chi connectivity index (χ4n) is 2.49. The van der Waals surface area contributed by atoms with Crippen molar-refractivity contribution in [2.24, 2.45) is 0 Å². The van der Waals surface area contributed by atoms with E-state index in [9.17, 15) is 18.0 Å². The quantitative estimate of drug-likeness (QED) is 0.652. The summed E-state index contributed by atoms with van der Waals surface area (Å²) in [6.45, 7) is 1.77. The summed E-state index contributed by atoms with van der Waals surface area (Å²) < 4.78 is 44.6. The first-order valence-electron chi connectivity index (χ1n) is 6.84. The van der Waals surface area contributed by atoms with Gasteiger partial charge in [0, 0.05) is 5.70 Å². The van der Waals surface area contributed by atoms with Gasteiger partial charge < -0.3 is 15.4 Å². The maximum Gasteiger partial charge on any atom is 0.416 e. The second-order valence-corrected chi connectivity index (χ2v) is 5.26. The van der Waals surface area contributed by atoms with Crippen molar-refractivity contribution >= 4 is 23.3 Å². The third kappa shape index (κ3) is 3.47. The number of hydrogen-bond acceptors (Lipinski definition) is 3. The molecule has 0 radical (unpaired) electrons. The Bertz CT molecular complexity index is 671. The van der Waals surface area contributed by atoms with Crippen LogP contribution in [0.15, 0.2) is 35.5 Å². The van der Waals surface area contributed by atoms with E-state index in [-0.39, 0.29) is 16.2 Å². The zero-order valence-electron chi connectivity index (χ0n) is 12.5. The van der Waals surface area contributed by atoms with Gasteiger partial charge in [0.1, 0.15) is 0 Å². The molecule has 0 amide bonds. The van der Waals surface area contributed by atoms with Gasteiger partial charge >= 0.3 is 12.1 Å². The Morgan fingerprint density at radius 3 is 2.57 bits per heavy atom. The first-order chi connectivity index (χ1) is 10.8. The molecular weight excluding hydrogens is 329 g/mol. The molecule has 1 aliphatic rings. The predicted octanol–water partition coefficient (Wildman–Crippen LogP) is 3.06. The normalized spacial score (nSPS) is 18.3. The second-order valence-electron chi connectivity index (χ2n) is 4.85. The van der Waals surface area contributed by atoms with Gasteiger partial charge in [-0.25, -0.2) is 4.79 Å². The number of ether oxygens (including phenoxy) is 1. The van der Waals surface area contributed by atoms with Gasteiger partial charge in [-0.1, -0.05) is 25.1 Å². The number of carbonyl (C=O) groups is 1. The van der Waals surface area contributed by atoms with E-state index in [2.05, 4.69) is 10.6 Å². The lowest BCUT2D eigenvalue weighted by molar-refractivity contribution is -0.139. The van der Waals surface area contributed by atoms with E-state index >= 15 is 0 Å². The van der Waals surface area contributed by atoms with Crippen LogP contribution in [-0.2, 0) is 15.7 Å². The Balaban J connectivity index is 2.65. The molecule has 1 aromatic carbocycles. The van der Waals surface area contributed by atoms with Gasteiger partial charge in [-0.15, -0.1) is 0 Å². The molecule has 8 heteroatoms. The van der Waals surface area contributed by atoms with Crippen molar-refractivity contribution in [3.05, 3.63) is 46.7 Å². The van der Waals surface area contributed by atoms with E-state index in [1.54, 1.807) is 6.92 Å². The molecule has 0 bridgehead atoms. The summed E-state index contributed by atoms with van der Waals surface area (Å²) in [5.41, 5.74) is -0.350. The van der Waals surface area contributed by atoms with Gasteiger partial charge in [0.25, 0.3) is 0 Å². The minimum atomic E-state index is -4.54. The van der Waals surface area contributed by atoms with Crippen LogP contribution in [0.25, 0.3) is 0 Å². The van der Waals surface area contributed by atoms with E-state index in [4.69, 9.17) is 17.0 Å². The number of allylic oxidation sites excluding steroid dienone is 1. The monoisotopic (exact) mass is 344 g/mol. The van der Waals surface area contributed by atoms with Crippen LogP contribution in [0.1, 0.15) is 30.5 Å². The summed E-state index contributed by atoms with van der Waals surface area (Å²) in [6.07, 6.45) is -4.14. The van der Waals surface area contributed by atoms with Crippen molar-refractivity contribution < 1.29 is 22.7 Å². The van der Waals surface area contributed by atoms with E-state index < -0.39 is 23.8 Å². The number of alkyl halides is 3. The third-order valence-electron chi connectivity index (χ3n) is 3.49. The fraction of sp³-hybridized carbons (Fsp3) is 0.333. The molecule has 0 aromatic heterocycles. The first-order valence-corrected chi connectivity index (χ1v) is 7.25. The highest BCUT2D eigenvalue weighted by Gasteiger charge is 2.39.